The van der Waals surface area contributed by atoms with Gasteiger partial charge in [0.05, 0.1) is 28.4 Å². The van der Waals surface area contributed by atoms with Gasteiger partial charge < -0.3 is 5.11 Å². The van der Waals surface area contributed by atoms with Crippen molar-refractivity contribution in [1.29, 1.82) is 0 Å². The summed E-state index contributed by atoms with van der Waals surface area (Å²) in [5.74, 6) is 0. The summed E-state index contributed by atoms with van der Waals surface area (Å²) in [5.41, 5.74) is -0.990. The number of hydrogen-bond donors (Lipinski definition) is 2. The summed E-state index contributed by atoms with van der Waals surface area (Å²) in [5, 5.41) is 8.78. The van der Waals surface area contributed by atoms with Crippen LogP contribution in [-0.4, -0.2) is 13.7 Å². The van der Waals surface area contributed by atoms with E-state index >= 15 is 0 Å². The second-order valence-electron chi connectivity index (χ2n) is 1.96. The topological polar surface area (TPSA) is 75.1 Å². The molecule has 5 nitrogen and oxygen atoms in total. The highest BCUT2D eigenvalue weighted by atomic mass is 79.9. The average Bonchev–Trinajstić information content (AvgIpc) is 2.02. The summed E-state index contributed by atoms with van der Waals surface area (Å²) in [6.07, 6.45) is 0. The van der Waals surface area contributed by atoms with Crippen molar-refractivity contribution in [2.45, 2.75) is 6.61 Å². The number of aliphatic hydroxyl groups excluding tert-OH is 1. The monoisotopic (exact) mass is 298 g/mol. The van der Waals surface area contributed by atoms with Crippen LogP contribution in [0.3, 0.4) is 0 Å². The number of hydrogen-bond acceptors (Lipinski definition) is 3. The molecule has 0 aliphatic rings. The molecular weight excluding hydrogens is 296 g/mol. The molecule has 1 rings (SSSR count). The summed E-state index contributed by atoms with van der Waals surface area (Å²) in [7, 11) is 0. The lowest BCUT2D eigenvalue weighted by atomic mass is 10.4. The van der Waals surface area contributed by atoms with Gasteiger partial charge in [-0.05, 0) is 15.9 Å². The lowest BCUT2D eigenvalue weighted by Crippen LogP contribution is -2.29. The van der Waals surface area contributed by atoms with E-state index in [9.17, 15) is 9.59 Å². The van der Waals surface area contributed by atoms with Crippen LogP contribution in [-0.2, 0) is 6.61 Å². The number of halogens is 2. The van der Waals surface area contributed by atoms with Gasteiger partial charge in [0.2, 0.25) is 0 Å². The zero-order valence-corrected chi connectivity index (χ0v) is 8.85. The van der Waals surface area contributed by atoms with Gasteiger partial charge in [0.1, 0.15) is 4.47 Å². The van der Waals surface area contributed by atoms with E-state index in [0.29, 0.717) is 0 Å². The molecule has 0 aliphatic carbocycles. The Labute approximate surface area is 83.5 Å². The van der Waals surface area contributed by atoms with Gasteiger partial charge in [-0.15, -0.1) is 0 Å². The molecule has 12 heavy (non-hydrogen) atoms. The van der Waals surface area contributed by atoms with Crippen LogP contribution in [0.5, 0.6) is 0 Å². The molecule has 0 fully saturated rings. The molecule has 0 saturated heterocycles. The molecule has 0 spiro atoms. The summed E-state index contributed by atoms with van der Waals surface area (Å²) >= 11 is 5.80. The Morgan fingerprint density at radius 2 is 2.08 bits per heavy atom. The Morgan fingerprint density at radius 1 is 1.50 bits per heavy atom. The standard InChI is InChI=1S/C5H4Br2N2O3/c6-3-2(1-10)9(7)5(12)8-4(3)11/h10H,1H2,(H,8,11,12). The maximum absolute atomic E-state index is 10.9. The number of aliphatic hydroxyl groups is 1. The van der Waals surface area contributed by atoms with Gasteiger partial charge in [0.25, 0.3) is 5.56 Å². The Hall–Kier alpha value is -0.400. The van der Waals surface area contributed by atoms with Gasteiger partial charge in [-0.1, -0.05) is 0 Å². The maximum atomic E-state index is 10.9. The van der Waals surface area contributed by atoms with Gasteiger partial charge in [-0.2, -0.15) is 0 Å². The Morgan fingerprint density at radius 3 is 2.58 bits per heavy atom. The molecule has 0 atom stereocenters. The summed E-state index contributed by atoms with van der Waals surface area (Å²) in [6, 6.07) is 0. The SMILES string of the molecule is O=c1[nH]c(=O)n(Br)c(CO)c1Br. The number of aromatic amines is 1. The van der Waals surface area contributed by atoms with Gasteiger partial charge in [-0.3, -0.25) is 9.78 Å². The van der Waals surface area contributed by atoms with Gasteiger partial charge >= 0.3 is 5.69 Å². The fraction of sp³-hybridized carbons (Fsp3) is 0.200. The van der Waals surface area contributed by atoms with Crippen molar-refractivity contribution in [3.63, 3.8) is 0 Å². The molecule has 0 amide bonds. The first-order valence-corrected chi connectivity index (χ1v) is 4.39. The molecule has 1 heterocycles. The van der Waals surface area contributed by atoms with Crippen LogP contribution in [0.2, 0.25) is 0 Å². The normalized spacial score (nSPS) is 10.2. The number of nitrogens with one attached hydrogen (secondary N) is 1. The molecule has 0 unspecified atom stereocenters. The molecule has 0 saturated carbocycles. The van der Waals surface area contributed by atoms with Gasteiger partial charge in [0.15, 0.2) is 0 Å². The van der Waals surface area contributed by atoms with Crippen molar-refractivity contribution in [3.05, 3.63) is 31.0 Å². The summed E-state index contributed by atoms with van der Waals surface area (Å²) < 4.78 is 1.12. The van der Waals surface area contributed by atoms with Crippen LogP contribution < -0.4 is 11.2 Å². The largest absolute Gasteiger partial charge is 0.390 e. The molecule has 0 aromatic carbocycles. The minimum atomic E-state index is -0.618. The van der Waals surface area contributed by atoms with Crippen molar-refractivity contribution in [2.24, 2.45) is 0 Å². The van der Waals surface area contributed by atoms with Crippen LogP contribution >= 0.6 is 32.1 Å². The third-order valence-electron chi connectivity index (χ3n) is 1.24. The van der Waals surface area contributed by atoms with Crippen molar-refractivity contribution in [1.82, 2.24) is 8.58 Å². The highest BCUT2D eigenvalue weighted by Gasteiger charge is 2.09. The van der Waals surface area contributed by atoms with E-state index in [1.54, 1.807) is 0 Å². The lowest BCUT2D eigenvalue weighted by molar-refractivity contribution is 0.274. The van der Waals surface area contributed by atoms with Crippen LogP contribution in [0.4, 0.5) is 0 Å². The first-order chi connectivity index (χ1) is 5.57. The molecule has 66 valence electrons. The van der Waals surface area contributed by atoms with E-state index in [4.69, 9.17) is 5.11 Å². The Kier molecular flexibility index (Phi) is 2.86. The Bertz CT molecular complexity index is 374. The molecule has 7 heteroatoms. The third kappa shape index (κ3) is 1.52. The molecular formula is C5H4Br2N2O3. The van der Waals surface area contributed by atoms with Gasteiger partial charge in [0, 0.05) is 0 Å². The minimum absolute atomic E-state index is 0.140. The predicted octanol–water partition coefficient (Wildman–Crippen LogP) is -0.0506. The molecule has 1 aromatic rings. The minimum Gasteiger partial charge on any atom is -0.390 e. The first kappa shape index (κ1) is 9.69. The van der Waals surface area contributed by atoms with Crippen molar-refractivity contribution in [2.75, 3.05) is 0 Å². The van der Waals surface area contributed by atoms with E-state index < -0.39 is 17.9 Å². The van der Waals surface area contributed by atoms with Crippen molar-refractivity contribution in [3.8, 4) is 0 Å². The molecule has 0 bridgehead atoms. The lowest BCUT2D eigenvalue weighted by Gasteiger charge is -2.02. The van der Waals surface area contributed by atoms with Crippen LogP contribution in [0.15, 0.2) is 14.1 Å². The van der Waals surface area contributed by atoms with Gasteiger partial charge in [-0.25, -0.2) is 8.39 Å². The number of H-pyrrole nitrogens is 1. The Balaban J connectivity index is 3.65. The second kappa shape index (κ2) is 3.55. The van der Waals surface area contributed by atoms with E-state index in [0.717, 1.165) is 3.59 Å². The maximum Gasteiger partial charge on any atom is 0.338 e. The predicted molar refractivity (Wildman–Crippen MR) is 49.3 cm³/mol. The van der Waals surface area contributed by atoms with E-state index in [1.165, 1.54) is 0 Å². The number of rotatable bonds is 1. The summed E-state index contributed by atoms with van der Waals surface area (Å²) in [6.45, 7) is -0.398. The second-order valence-corrected chi connectivity index (χ2v) is 3.46. The highest BCUT2D eigenvalue weighted by Crippen LogP contribution is 2.10. The zero-order valence-electron chi connectivity index (χ0n) is 5.67. The number of aromatic nitrogens is 2. The molecule has 0 aliphatic heterocycles. The van der Waals surface area contributed by atoms with Crippen molar-refractivity contribution < 1.29 is 5.11 Å². The molecule has 0 radical (unpaired) electrons. The van der Waals surface area contributed by atoms with E-state index in [-0.39, 0.29) is 10.2 Å². The van der Waals surface area contributed by atoms with Crippen LogP contribution in [0, 0.1) is 0 Å². The smallest absolute Gasteiger partial charge is 0.338 e. The van der Waals surface area contributed by atoms with Crippen LogP contribution in [0.1, 0.15) is 5.69 Å². The zero-order chi connectivity index (χ0) is 9.30. The van der Waals surface area contributed by atoms with Crippen molar-refractivity contribution >= 4 is 32.1 Å². The van der Waals surface area contributed by atoms with E-state index in [2.05, 4.69) is 32.1 Å². The number of nitrogens with zero attached hydrogens (tertiary/aromatic N) is 1. The summed E-state index contributed by atoms with van der Waals surface area (Å²) in [4.78, 5) is 23.9. The fourth-order valence-corrected chi connectivity index (χ4v) is 1.69. The first-order valence-electron chi connectivity index (χ1n) is 2.88. The quantitative estimate of drug-likeness (QED) is 0.763. The van der Waals surface area contributed by atoms with E-state index in [1.807, 2.05) is 4.98 Å². The molecule has 2 N–H and O–H groups in total. The highest BCUT2D eigenvalue weighted by molar-refractivity contribution is 9.10. The van der Waals surface area contributed by atoms with Crippen LogP contribution in [0.25, 0.3) is 0 Å². The third-order valence-corrected chi connectivity index (χ3v) is 2.81. The fourth-order valence-electron chi connectivity index (χ4n) is 0.672. The molecule has 1 aromatic heterocycles. The average molecular weight is 300 g/mol.